The van der Waals surface area contributed by atoms with Crippen LogP contribution in [0.1, 0.15) is 0 Å². The summed E-state index contributed by atoms with van der Waals surface area (Å²) in [7, 11) is -3.49. The number of rotatable bonds is 9. The Hall–Kier alpha value is -1.67. The van der Waals surface area contributed by atoms with Crippen LogP contribution >= 0.6 is 0 Å². The Morgan fingerprint density at radius 3 is 1.97 bits per heavy atom. The molecule has 2 heterocycles. The van der Waals surface area contributed by atoms with Crippen molar-refractivity contribution in [3.63, 3.8) is 0 Å². The summed E-state index contributed by atoms with van der Waals surface area (Å²) in [6.07, 6.45) is -16.3. The first kappa shape index (κ1) is 28.9. The van der Waals surface area contributed by atoms with Crippen LogP contribution in [-0.4, -0.2) is 136 Å². The molecule has 2 aliphatic rings. The number of ether oxygens (including phenoxy) is 5. The Kier molecular flexibility index (Phi) is 9.13. The number of hydrogen-bond acceptors (Lipinski definition) is 14. The summed E-state index contributed by atoms with van der Waals surface area (Å²) in [5.74, 6) is -0.792. The standard InChI is InChI=1S/C20H30O15S/c1-31-9-2-4-10(5-3-9)32-18-14(24)13(23)15(11(6-21)33-18)35-19-17(26)20(27,8-36(28,29)30)16(25)12(7-22)34-19/h2-5,11-19,21-27H,6-8H2,1H3,(H,28,29,30)/t11-,12-,13-,14-,15-,16+,17+,18-,19+,20-/m1/s1. The number of hydrogen-bond donors (Lipinski definition) is 8. The van der Waals surface area contributed by atoms with Gasteiger partial charge in [-0.3, -0.25) is 4.55 Å². The molecule has 0 spiro atoms. The van der Waals surface area contributed by atoms with E-state index in [1.165, 1.54) is 19.2 Å². The van der Waals surface area contributed by atoms with Crippen molar-refractivity contribution in [3.05, 3.63) is 24.3 Å². The minimum absolute atomic E-state index is 0.226. The molecule has 3 rings (SSSR count). The smallest absolute Gasteiger partial charge is 0.267 e. The zero-order valence-electron chi connectivity index (χ0n) is 19.0. The third-order valence-corrected chi connectivity index (χ3v) is 6.79. The van der Waals surface area contributed by atoms with E-state index in [9.17, 15) is 48.7 Å². The van der Waals surface area contributed by atoms with Gasteiger partial charge in [0.1, 0.15) is 65.6 Å². The minimum atomic E-state index is -4.95. The third-order valence-electron chi connectivity index (χ3n) is 5.96. The van der Waals surface area contributed by atoms with Crippen LogP contribution in [0.4, 0.5) is 0 Å². The number of aliphatic hydroxyl groups excluding tert-OH is 6. The topological polar surface area (TPSA) is 242 Å². The van der Waals surface area contributed by atoms with E-state index in [-0.39, 0.29) is 5.75 Å². The van der Waals surface area contributed by atoms with Gasteiger partial charge in [0, 0.05) is 0 Å². The van der Waals surface area contributed by atoms with Crippen molar-refractivity contribution in [1.29, 1.82) is 0 Å². The molecule has 0 unspecified atom stereocenters. The summed E-state index contributed by atoms with van der Waals surface area (Å²) in [4.78, 5) is 0. The van der Waals surface area contributed by atoms with Crippen LogP contribution in [0.25, 0.3) is 0 Å². The summed E-state index contributed by atoms with van der Waals surface area (Å²) in [6.45, 7) is -1.75. The van der Waals surface area contributed by atoms with Crippen LogP contribution in [0.2, 0.25) is 0 Å². The highest BCUT2D eigenvalue weighted by molar-refractivity contribution is 7.85. The van der Waals surface area contributed by atoms with Crippen LogP contribution in [0.5, 0.6) is 11.5 Å². The van der Waals surface area contributed by atoms with E-state index in [1.807, 2.05) is 0 Å². The van der Waals surface area contributed by atoms with E-state index < -0.39 is 90.0 Å². The average Bonchev–Trinajstić information content (AvgIpc) is 2.83. The molecular weight excluding hydrogens is 512 g/mol. The Morgan fingerprint density at radius 1 is 0.889 bits per heavy atom. The predicted octanol–water partition coefficient (Wildman–Crippen LogP) is -4.04. The molecule has 10 atom stereocenters. The van der Waals surface area contributed by atoms with Gasteiger partial charge in [-0.2, -0.15) is 8.42 Å². The zero-order valence-corrected chi connectivity index (χ0v) is 19.8. The fraction of sp³-hybridized carbons (Fsp3) is 0.700. The fourth-order valence-electron chi connectivity index (χ4n) is 4.03. The lowest BCUT2D eigenvalue weighted by Gasteiger charge is -2.49. The first-order chi connectivity index (χ1) is 16.8. The molecule has 16 heteroatoms. The molecule has 0 bridgehead atoms. The van der Waals surface area contributed by atoms with Gasteiger partial charge < -0.3 is 59.4 Å². The lowest BCUT2D eigenvalue weighted by molar-refractivity contribution is -0.365. The molecule has 0 aromatic heterocycles. The number of aliphatic hydroxyl groups is 7. The van der Waals surface area contributed by atoms with Gasteiger partial charge >= 0.3 is 0 Å². The number of methoxy groups -OCH3 is 1. The summed E-state index contributed by atoms with van der Waals surface area (Å²) in [5.41, 5.74) is -2.96. The monoisotopic (exact) mass is 542 g/mol. The van der Waals surface area contributed by atoms with Crippen molar-refractivity contribution in [2.45, 2.75) is 60.9 Å². The summed E-state index contributed by atoms with van der Waals surface area (Å²) < 4.78 is 58.7. The molecule has 0 saturated carbocycles. The zero-order chi connectivity index (χ0) is 26.8. The van der Waals surface area contributed by atoms with E-state index >= 15 is 0 Å². The molecule has 15 nitrogen and oxygen atoms in total. The first-order valence-corrected chi connectivity index (χ1v) is 12.3. The van der Waals surface area contributed by atoms with Crippen molar-refractivity contribution >= 4 is 10.1 Å². The van der Waals surface area contributed by atoms with Gasteiger partial charge in [0.05, 0.1) is 20.3 Å². The van der Waals surface area contributed by atoms with Gasteiger partial charge in [0.15, 0.2) is 6.29 Å². The van der Waals surface area contributed by atoms with Gasteiger partial charge in [-0.15, -0.1) is 0 Å². The molecule has 36 heavy (non-hydrogen) atoms. The highest BCUT2D eigenvalue weighted by Gasteiger charge is 2.59. The molecule has 8 N–H and O–H groups in total. The van der Waals surface area contributed by atoms with Crippen molar-refractivity contribution < 1.29 is 72.4 Å². The van der Waals surface area contributed by atoms with Crippen LogP contribution in [0.3, 0.4) is 0 Å². The van der Waals surface area contributed by atoms with E-state index in [0.29, 0.717) is 5.75 Å². The highest BCUT2D eigenvalue weighted by atomic mass is 32.2. The normalized spacial score (nSPS) is 39.5. The van der Waals surface area contributed by atoms with Crippen LogP contribution in [-0.2, 0) is 24.3 Å². The van der Waals surface area contributed by atoms with E-state index in [4.69, 9.17) is 23.7 Å². The van der Waals surface area contributed by atoms with Crippen LogP contribution in [0.15, 0.2) is 24.3 Å². The van der Waals surface area contributed by atoms with Gasteiger partial charge in [0.2, 0.25) is 6.29 Å². The van der Waals surface area contributed by atoms with Gasteiger partial charge in [-0.1, -0.05) is 0 Å². The highest BCUT2D eigenvalue weighted by Crippen LogP contribution is 2.35. The third kappa shape index (κ3) is 6.07. The molecule has 0 radical (unpaired) electrons. The largest absolute Gasteiger partial charge is 0.497 e. The second-order valence-electron chi connectivity index (χ2n) is 8.43. The molecule has 206 valence electrons. The van der Waals surface area contributed by atoms with E-state index in [0.717, 1.165) is 0 Å². The first-order valence-electron chi connectivity index (χ1n) is 10.7. The molecule has 1 aromatic rings. The van der Waals surface area contributed by atoms with Crippen molar-refractivity contribution in [2.75, 3.05) is 26.1 Å². The second-order valence-corrected chi connectivity index (χ2v) is 9.89. The average molecular weight is 543 g/mol. The molecule has 0 aliphatic carbocycles. The predicted molar refractivity (Wildman–Crippen MR) is 115 cm³/mol. The van der Waals surface area contributed by atoms with Crippen LogP contribution in [0, 0.1) is 0 Å². The van der Waals surface area contributed by atoms with E-state index in [1.54, 1.807) is 12.1 Å². The van der Waals surface area contributed by atoms with Crippen molar-refractivity contribution in [1.82, 2.24) is 0 Å². The Labute approximate surface area is 205 Å². The Balaban J connectivity index is 1.79. The molecule has 2 aliphatic heterocycles. The lowest BCUT2D eigenvalue weighted by atomic mass is 9.85. The number of benzene rings is 1. The van der Waals surface area contributed by atoms with Crippen molar-refractivity contribution in [2.24, 2.45) is 0 Å². The maximum absolute atomic E-state index is 11.4. The summed E-state index contributed by atoms with van der Waals surface area (Å²) in [6, 6.07) is 6.14. The molecule has 2 fully saturated rings. The van der Waals surface area contributed by atoms with E-state index in [2.05, 4.69) is 0 Å². The molecular formula is C20H30O15S. The quantitative estimate of drug-likeness (QED) is 0.138. The minimum Gasteiger partial charge on any atom is -0.497 e. The summed E-state index contributed by atoms with van der Waals surface area (Å²) in [5, 5.41) is 72.0. The lowest BCUT2D eigenvalue weighted by Crippen LogP contribution is -2.71. The SMILES string of the molecule is COc1ccc(O[C@@H]2O[C@H](CO)[C@@H](O[C@@H]3O[C@H](CO)[C@H](O)[C@](O)(CS(=O)(=O)O)[C@H]3O)[C@H](O)[C@H]2O)cc1. The van der Waals surface area contributed by atoms with Gasteiger partial charge in [-0.25, -0.2) is 0 Å². The molecule has 1 aromatic carbocycles. The van der Waals surface area contributed by atoms with Crippen molar-refractivity contribution in [3.8, 4) is 11.5 Å². The second kappa shape index (κ2) is 11.4. The fourth-order valence-corrected chi connectivity index (χ4v) is 4.95. The molecule has 2 saturated heterocycles. The van der Waals surface area contributed by atoms with Crippen LogP contribution < -0.4 is 9.47 Å². The Bertz CT molecular complexity index is 956. The maximum Gasteiger partial charge on any atom is 0.267 e. The van der Waals surface area contributed by atoms with Gasteiger partial charge in [0.25, 0.3) is 10.1 Å². The summed E-state index contributed by atoms with van der Waals surface area (Å²) >= 11 is 0. The van der Waals surface area contributed by atoms with Gasteiger partial charge in [-0.05, 0) is 24.3 Å². The maximum atomic E-state index is 11.4. The molecule has 0 amide bonds. The Morgan fingerprint density at radius 2 is 1.44 bits per heavy atom.